The third-order valence-corrected chi connectivity index (χ3v) is 9.06. The molecule has 3 aliphatic carbocycles. The molecule has 186 valence electrons. The van der Waals surface area contributed by atoms with Crippen LogP contribution in [0.5, 0.6) is 5.75 Å². The standard InChI is InChI=1S/C28H27N3O3.C2H6/c1-31-15-28-14-27(21-11-18(32)7-8-20(21)28)12-23-17(10-22(27)24(28)31)9-19(26(34)30-23)25(33)29-13-16-5-3-2-4-6-16;1-2/h2-9,11,22,24,32H,10,12-15H2,1H3,(H,29,33)(H,30,34);1-2H3. The van der Waals surface area contributed by atoms with E-state index in [4.69, 9.17) is 0 Å². The molecule has 4 aliphatic rings. The number of phenolic OH excluding ortho intramolecular Hbond substituents is 1. The van der Waals surface area contributed by atoms with E-state index in [2.05, 4.69) is 28.3 Å². The lowest BCUT2D eigenvalue weighted by molar-refractivity contribution is -0.00144. The number of H-pyrrole nitrogens is 1. The third kappa shape index (κ3) is 3.00. The smallest absolute Gasteiger partial charge is 0.261 e. The Morgan fingerprint density at radius 1 is 1.11 bits per heavy atom. The molecule has 3 N–H and O–H groups in total. The Bertz CT molecular complexity index is 1410. The van der Waals surface area contributed by atoms with E-state index in [9.17, 15) is 14.7 Å². The Hall–Kier alpha value is -3.38. The van der Waals surface area contributed by atoms with Crippen LogP contribution in [0.15, 0.2) is 59.4 Å². The number of pyridine rings is 1. The maximum atomic E-state index is 13.0. The van der Waals surface area contributed by atoms with Crippen molar-refractivity contribution in [2.24, 2.45) is 5.92 Å². The zero-order valence-electron chi connectivity index (χ0n) is 21.1. The molecule has 6 heteroatoms. The summed E-state index contributed by atoms with van der Waals surface area (Å²) in [6.45, 7) is 5.42. The van der Waals surface area contributed by atoms with Gasteiger partial charge in [-0.3, -0.25) is 9.59 Å². The number of nitrogens with one attached hydrogen (secondary N) is 2. The molecule has 7 rings (SSSR count). The molecule has 1 saturated heterocycles. The van der Waals surface area contributed by atoms with Crippen LogP contribution in [0, 0.1) is 5.92 Å². The number of phenols is 1. The molecular formula is C30H33N3O3. The van der Waals surface area contributed by atoms with Gasteiger partial charge in [0, 0.05) is 35.7 Å². The van der Waals surface area contributed by atoms with Crippen LogP contribution in [0.3, 0.4) is 0 Å². The number of aromatic amines is 1. The molecule has 1 aliphatic heterocycles. The fourth-order valence-corrected chi connectivity index (χ4v) is 7.95. The van der Waals surface area contributed by atoms with Gasteiger partial charge in [0.15, 0.2) is 0 Å². The first kappa shape index (κ1) is 23.0. The number of carbonyl (C=O) groups excluding carboxylic acids is 1. The summed E-state index contributed by atoms with van der Waals surface area (Å²) in [6, 6.07) is 17.9. The molecular weight excluding hydrogens is 450 g/mol. The van der Waals surface area contributed by atoms with Gasteiger partial charge < -0.3 is 20.3 Å². The van der Waals surface area contributed by atoms with Crippen molar-refractivity contribution in [3.63, 3.8) is 0 Å². The van der Waals surface area contributed by atoms with Gasteiger partial charge in [-0.15, -0.1) is 0 Å². The van der Waals surface area contributed by atoms with E-state index in [0.717, 1.165) is 42.6 Å². The minimum absolute atomic E-state index is 0.0729. The largest absolute Gasteiger partial charge is 0.508 e. The van der Waals surface area contributed by atoms with Crippen LogP contribution in [0.1, 0.15) is 58.6 Å². The molecule has 6 nitrogen and oxygen atoms in total. The lowest BCUT2D eigenvalue weighted by atomic mass is 9.58. The molecule has 2 bridgehead atoms. The maximum absolute atomic E-state index is 13.0. The lowest BCUT2D eigenvalue weighted by Crippen LogP contribution is -2.66. The second-order valence-corrected chi connectivity index (χ2v) is 10.8. The molecule has 4 atom stereocenters. The number of likely N-dealkylation sites (tertiary alicyclic amines) is 1. The number of benzene rings is 2. The van der Waals surface area contributed by atoms with Gasteiger partial charge in [-0.2, -0.15) is 0 Å². The van der Waals surface area contributed by atoms with E-state index in [-0.39, 0.29) is 27.9 Å². The molecule has 2 aromatic carbocycles. The Kier molecular flexibility index (Phi) is 5.16. The monoisotopic (exact) mass is 483 g/mol. The summed E-state index contributed by atoms with van der Waals surface area (Å²) in [4.78, 5) is 31.4. The summed E-state index contributed by atoms with van der Waals surface area (Å²) in [5.74, 6) is 0.373. The average Bonchev–Trinajstić information content (AvgIpc) is 3.28. The van der Waals surface area contributed by atoms with E-state index in [1.165, 1.54) is 11.1 Å². The first-order valence-corrected chi connectivity index (χ1v) is 13.0. The molecule has 1 aromatic heterocycles. The molecule has 36 heavy (non-hydrogen) atoms. The summed E-state index contributed by atoms with van der Waals surface area (Å²) in [5.41, 5.74) is 5.57. The number of likely N-dealkylation sites (N-methyl/N-ethyl adjacent to an activating group) is 1. The van der Waals surface area contributed by atoms with Crippen LogP contribution in [0.25, 0.3) is 0 Å². The van der Waals surface area contributed by atoms with Gasteiger partial charge in [-0.1, -0.05) is 50.2 Å². The molecule has 1 amide bonds. The molecule has 2 fully saturated rings. The summed E-state index contributed by atoms with van der Waals surface area (Å²) in [7, 11) is 2.20. The summed E-state index contributed by atoms with van der Waals surface area (Å²) < 4.78 is 0. The van der Waals surface area contributed by atoms with Crippen molar-refractivity contribution in [3.8, 4) is 5.75 Å². The zero-order chi connectivity index (χ0) is 25.2. The normalized spacial score (nSPS) is 28.5. The van der Waals surface area contributed by atoms with Crippen molar-refractivity contribution in [1.82, 2.24) is 15.2 Å². The minimum Gasteiger partial charge on any atom is -0.508 e. The van der Waals surface area contributed by atoms with Gasteiger partial charge in [-0.25, -0.2) is 0 Å². The van der Waals surface area contributed by atoms with Gasteiger partial charge in [0.2, 0.25) is 0 Å². The lowest BCUT2D eigenvalue weighted by Gasteiger charge is -2.58. The SMILES string of the molecule is CC.CN1CC23CC4(Cc5[nH]c(=O)c(C(=O)NCc6ccccc6)cc5CC4C12)c1cc(O)ccc13. The van der Waals surface area contributed by atoms with Crippen LogP contribution in [0.4, 0.5) is 0 Å². The Balaban J connectivity index is 0.00000117. The van der Waals surface area contributed by atoms with Gasteiger partial charge in [0.1, 0.15) is 11.3 Å². The van der Waals surface area contributed by atoms with Gasteiger partial charge >= 0.3 is 0 Å². The third-order valence-electron chi connectivity index (χ3n) is 9.06. The van der Waals surface area contributed by atoms with Crippen molar-refractivity contribution in [3.05, 3.63) is 98.5 Å². The minimum atomic E-state index is -0.339. The van der Waals surface area contributed by atoms with Gasteiger partial charge in [0.25, 0.3) is 11.5 Å². The van der Waals surface area contributed by atoms with Gasteiger partial charge in [0.05, 0.1) is 0 Å². The summed E-state index contributed by atoms with van der Waals surface area (Å²) in [5, 5.41) is 13.2. The molecule has 1 saturated carbocycles. The maximum Gasteiger partial charge on any atom is 0.261 e. The number of aromatic nitrogens is 1. The van der Waals surface area contributed by atoms with Crippen LogP contribution in [0.2, 0.25) is 0 Å². The van der Waals surface area contributed by atoms with Gasteiger partial charge in [-0.05, 0) is 72.7 Å². The van der Waals surface area contributed by atoms with E-state index < -0.39 is 0 Å². The quantitative estimate of drug-likeness (QED) is 0.531. The van der Waals surface area contributed by atoms with Crippen LogP contribution in [-0.2, 0) is 30.2 Å². The molecule has 4 unspecified atom stereocenters. The summed E-state index contributed by atoms with van der Waals surface area (Å²) >= 11 is 0. The number of amides is 1. The number of fused-ring (bicyclic) bond motifs is 3. The molecule has 0 radical (unpaired) electrons. The van der Waals surface area contributed by atoms with Crippen molar-refractivity contribution in [2.45, 2.75) is 56.5 Å². The molecule has 2 spiro atoms. The Morgan fingerprint density at radius 3 is 2.64 bits per heavy atom. The van der Waals surface area contributed by atoms with Crippen LogP contribution in [-0.4, -0.2) is 40.5 Å². The van der Waals surface area contributed by atoms with E-state index in [0.29, 0.717) is 24.3 Å². The van der Waals surface area contributed by atoms with Crippen LogP contribution >= 0.6 is 0 Å². The van der Waals surface area contributed by atoms with Crippen molar-refractivity contribution in [2.75, 3.05) is 13.6 Å². The second-order valence-electron chi connectivity index (χ2n) is 10.8. The zero-order valence-corrected chi connectivity index (χ0v) is 21.1. The molecule has 3 aromatic rings. The van der Waals surface area contributed by atoms with Crippen LogP contribution < -0.4 is 10.9 Å². The number of aromatic hydroxyl groups is 1. The number of hydrogen-bond donors (Lipinski definition) is 3. The van der Waals surface area contributed by atoms with Crippen molar-refractivity contribution < 1.29 is 9.90 Å². The average molecular weight is 484 g/mol. The predicted octanol–water partition coefficient (Wildman–Crippen LogP) is 3.66. The van der Waals surface area contributed by atoms with Crippen molar-refractivity contribution >= 4 is 5.91 Å². The Labute approximate surface area is 211 Å². The highest BCUT2D eigenvalue weighted by molar-refractivity contribution is 5.94. The summed E-state index contributed by atoms with van der Waals surface area (Å²) in [6.07, 6.45) is 2.65. The number of rotatable bonds is 3. The topological polar surface area (TPSA) is 85.4 Å². The highest BCUT2D eigenvalue weighted by atomic mass is 16.3. The first-order valence-electron chi connectivity index (χ1n) is 13.0. The molecule has 2 heterocycles. The highest BCUT2D eigenvalue weighted by Crippen LogP contribution is 2.71. The fourth-order valence-electron chi connectivity index (χ4n) is 7.95. The van der Waals surface area contributed by atoms with E-state index in [1.807, 2.05) is 62.4 Å². The Morgan fingerprint density at radius 2 is 1.89 bits per heavy atom. The highest BCUT2D eigenvalue weighted by Gasteiger charge is 2.73. The van der Waals surface area contributed by atoms with Crippen molar-refractivity contribution in [1.29, 1.82) is 0 Å². The number of nitrogens with zero attached hydrogens (tertiary/aromatic N) is 1. The predicted molar refractivity (Wildman–Crippen MR) is 139 cm³/mol. The number of hydrogen-bond acceptors (Lipinski definition) is 4. The first-order chi connectivity index (χ1) is 17.4. The second kappa shape index (κ2) is 8.07. The van der Waals surface area contributed by atoms with E-state index in [1.54, 1.807) is 0 Å². The van der Waals surface area contributed by atoms with E-state index >= 15 is 0 Å². The number of carbonyl (C=O) groups is 1. The fraction of sp³-hybridized carbons (Fsp3) is 0.400.